The van der Waals surface area contributed by atoms with Crippen molar-refractivity contribution in [2.45, 2.75) is 6.42 Å². The fourth-order valence-corrected chi connectivity index (χ4v) is 2.60. The maximum absolute atomic E-state index is 12.0. The van der Waals surface area contributed by atoms with Gasteiger partial charge < -0.3 is 14.8 Å². The third kappa shape index (κ3) is 4.02. The predicted octanol–water partition coefficient (Wildman–Crippen LogP) is 1.08. The van der Waals surface area contributed by atoms with Crippen LogP contribution in [0.15, 0.2) is 12.1 Å². The van der Waals surface area contributed by atoms with Gasteiger partial charge in [-0.3, -0.25) is 4.79 Å². The highest BCUT2D eigenvalue weighted by atomic mass is 35.5. The highest BCUT2D eigenvalue weighted by Crippen LogP contribution is 2.39. The summed E-state index contributed by atoms with van der Waals surface area (Å²) in [5.41, 5.74) is 0.366. The van der Waals surface area contributed by atoms with Crippen molar-refractivity contribution in [2.24, 2.45) is 0 Å². The first-order valence-corrected chi connectivity index (χ1v) is 8.80. The van der Waals surface area contributed by atoms with Crippen LogP contribution in [0.25, 0.3) is 0 Å². The van der Waals surface area contributed by atoms with E-state index in [0.29, 0.717) is 41.6 Å². The molecule has 0 atom stereocenters. The van der Waals surface area contributed by atoms with Gasteiger partial charge in [-0.25, -0.2) is 12.7 Å². The zero-order valence-corrected chi connectivity index (χ0v) is 13.8. The molecule has 0 saturated carbocycles. The maximum atomic E-state index is 12.0. The minimum Gasteiger partial charge on any atom is -0.454 e. The fourth-order valence-electron chi connectivity index (χ4n) is 1.87. The summed E-state index contributed by atoms with van der Waals surface area (Å²) in [7, 11) is -1.70. The van der Waals surface area contributed by atoms with E-state index in [1.807, 2.05) is 0 Å². The van der Waals surface area contributed by atoms with Gasteiger partial charge in [-0.1, -0.05) is 11.6 Å². The molecule has 0 radical (unpaired) electrons. The van der Waals surface area contributed by atoms with Crippen molar-refractivity contribution in [3.05, 3.63) is 22.7 Å². The van der Waals surface area contributed by atoms with E-state index >= 15 is 0 Å². The number of nitrogens with zero attached hydrogens (tertiary/aromatic N) is 1. The Labute approximate surface area is 134 Å². The van der Waals surface area contributed by atoms with E-state index in [4.69, 9.17) is 21.1 Å². The lowest BCUT2D eigenvalue weighted by molar-refractivity contribution is 0.0952. The van der Waals surface area contributed by atoms with Gasteiger partial charge in [0.1, 0.15) is 0 Å². The molecule has 0 saturated heterocycles. The van der Waals surface area contributed by atoms with Crippen LogP contribution < -0.4 is 14.8 Å². The van der Waals surface area contributed by atoms with E-state index in [-0.39, 0.29) is 12.7 Å². The minimum absolute atomic E-state index is 0.0813. The summed E-state index contributed by atoms with van der Waals surface area (Å²) in [6.45, 7) is 0.768. The number of carbonyl (C=O) groups excluding carboxylic acids is 1. The second-order valence-electron chi connectivity index (χ2n) is 4.89. The Kier molecular flexibility index (Phi) is 5.15. The quantitative estimate of drug-likeness (QED) is 0.778. The minimum atomic E-state index is -3.20. The Bertz CT molecular complexity index is 677. The summed E-state index contributed by atoms with van der Waals surface area (Å²) in [5.74, 6) is 0.574. The molecule has 122 valence electrons. The van der Waals surface area contributed by atoms with E-state index in [1.54, 1.807) is 6.07 Å². The molecule has 0 aromatic heterocycles. The summed E-state index contributed by atoms with van der Waals surface area (Å²) in [6.07, 6.45) is 1.65. The van der Waals surface area contributed by atoms with Gasteiger partial charge in [-0.05, 0) is 18.6 Å². The van der Waals surface area contributed by atoms with E-state index in [0.717, 1.165) is 6.26 Å². The number of ether oxygens (including phenoxy) is 2. The van der Waals surface area contributed by atoms with Gasteiger partial charge in [0.15, 0.2) is 11.5 Å². The average molecular weight is 349 g/mol. The zero-order valence-electron chi connectivity index (χ0n) is 12.3. The standard InChI is InChI=1S/C13H17ClN2O5S/c1-16(22(2,18)19)5-3-4-15-13(17)9-6-10(14)12-11(7-9)20-8-21-12/h6-7H,3-5,8H2,1-2H3,(H,15,17). The Morgan fingerprint density at radius 1 is 1.41 bits per heavy atom. The molecule has 0 aliphatic carbocycles. The van der Waals surface area contributed by atoms with Gasteiger partial charge in [0.2, 0.25) is 16.8 Å². The molecular formula is C13H17ClN2O5S. The Hall–Kier alpha value is -1.51. The van der Waals surface area contributed by atoms with Crippen molar-refractivity contribution in [3.63, 3.8) is 0 Å². The number of nitrogens with one attached hydrogen (secondary N) is 1. The normalized spacial score (nSPS) is 13.5. The number of hydrogen-bond acceptors (Lipinski definition) is 5. The molecule has 0 bridgehead atoms. The molecule has 9 heteroatoms. The number of carbonyl (C=O) groups is 1. The van der Waals surface area contributed by atoms with Crippen molar-refractivity contribution in [2.75, 3.05) is 33.2 Å². The van der Waals surface area contributed by atoms with Crippen LogP contribution in [-0.2, 0) is 10.0 Å². The van der Waals surface area contributed by atoms with Crippen LogP contribution in [0, 0.1) is 0 Å². The molecule has 1 amide bonds. The molecule has 1 aromatic rings. The first-order valence-electron chi connectivity index (χ1n) is 6.57. The number of rotatable bonds is 6. The highest BCUT2D eigenvalue weighted by Gasteiger charge is 2.20. The molecule has 0 fully saturated rings. The van der Waals surface area contributed by atoms with Gasteiger partial charge in [0, 0.05) is 25.7 Å². The summed E-state index contributed by atoms with van der Waals surface area (Å²) >= 11 is 6.01. The first-order chi connectivity index (χ1) is 10.3. The number of sulfonamides is 1. The van der Waals surface area contributed by atoms with Crippen LogP contribution >= 0.6 is 11.6 Å². The summed E-state index contributed by atoms with van der Waals surface area (Å²) in [4.78, 5) is 12.0. The van der Waals surface area contributed by atoms with E-state index in [2.05, 4.69) is 5.32 Å². The fraction of sp³-hybridized carbons (Fsp3) is 0.462. The van der Waals surface area contributed by atoms with Crippen LogP contribution in [0.3, 0.4) is 0 Å². The predicted molar refractivity (Wildman–Crippen MR) is 82.0 cm³/mol. The van der Waals surface area contributed by atoms with Crippen LogP contribution in [0.5, 0.6) is 11.5 Å². The lowest BCUT2D eigenvalue weighted by Crippen LogP contribution is -2.30. The maximum Gasteiger partial charge on any atom is 0.251 e. The summed E-state index contributed by atoms with van der Waals surface area (Å²) in [5, 5.41) is 3.03. The van der Waals surface area contributed by atoms with Crippen molar-refractivity contribution >= 4 is 27.5 Å². The van der Waals surface area contributed by atoms with Crippen LogP contribution in [0.4, 0.5) is 0 Å². The molecule has 22 heavy (non-hydrogen) atoms. The molecular weight excluding hydrogens is 332 g/mol. The summed E-state index contributed by atoms with van der Waals surface area (Å²) in [6, 6.07) is 3.07. The highest BCUT2D eigenvalue weighted by molar-refractivity contribution is 7.88. The second-order valence-corrected chi connectivity index (χ2v) is 7.38. The number of benzene rings is 1. The molecule has 0 spiro atoms. The van der Waals surface area contributed by atoms with Crippen LogP contribution in [-0.4, -0.2) is 51.8 Å². The summed E-state index contributed by atoms with van der Waals surface area (Å²) < 4.78 is 34.1. The molecule has 1 aliphatic rings. The number of amides is 1. The number of hydrogen-bond donors (Lipinski definition) is 1. The molecule has 1 aliphatic heterocycles. The zero-order chi connectivity index (χ0) is 16.3. The van der Waals surface area contributed by atoms with Gasteiger partial charge in [-0.15, -0.1) is 0 Å². The lowest BCUT2D eigenvalue weighted by Gasteiger charge is -2.14. The average Bonchev–Trinajstić information content (AvgIpc) is 2.90. The van der Waals surface area contributed by atoms with Crippen molar-refractivity contribution < 1.29 is 22.7 Å². The third-order valence-electron chi connectivity index (χ3n) is 3.19. The van der Waals surface area contributed by atoms with E-state index in [1.165, 1.54) is 17.4 Å². The molecule has 1 N–H and O–H groups in total. The monoisotopic (exact) mass is 348 g/mol. The Morgan fingerprint density at radius 3 is 2.82 bits per heavy atom. The van der Waals surface area contributed by atoms with Gasteiger partial charge >= 0.3 is 0 Å². The smallest absolute Gasteiger partial charge is 0.251 e. The molecule has 2 rings (SSSR count). The first kappa shape index (κ1) is 16.9. The molecule has 1 heterocycles. The van der Waals surface area contributed by atoms with E-state index in [9.17, 15) is 13.2 Å². The van der Waals surface area contributed by atoms with Crippen molar-refractivity contribution in [1.29, 1.82) is 0 Å². The second kappa shape index (κ2) is 6.72. The van der Waals surface area contributed by atoms with Gasteiger partial charge in [-0.2, -0.15) is 0 Å². The van der Waals surface area contributed by atoms with Crippen LogP contribution in [0.1, 0.15) is 16.8 Å². The molecule has 7 nitrogen and oxygen atoms in total. The molecule has 0 unspecified atom stereocenters. The number of halogens is 1. The Balaban J connectivity index is 1.87. The largest absolute Gasteiger partial charge is 0.454 e. The SMILES string of the molecule is CN(CCCNC(=O)c1cc(Cl)c2c(c1)OCO2)S(C)(=O)=O. The van der Waals surface area contributed by atoms with Crippen LogP contribution in [0.2, 0.25) is 5.02 Å². The van der Waals surface area contributed by atoms with Crippen molar-refractivity contribution in [1.82, 2.24) is 9.62 Å². The van der Waals surface area contributed by atoms with Gasteiger partial charge in [0.05, 0.1) is 11.3 Å². The van der Waals surface area contributed by atoms with Crippen molar-refractivity contribution in [3.8, 4) is 11.5 Å². The number of fused-ring (bicyclic) bond motifs is 1. The van der Waals surface area contributed by atoms with E-state index < -0.39 is 10.0 Å². The Morgan fingerprint density at radius 2 is 2.14 bits per heavy atom. The lowest BCUT2D eigenvalue weighted by atomic mass is 10.2. The third-order valence-corrected chi connectivity index (χ3v) is 4.79. The topological polar surface area (TPSA) is 84.9 Å². The van der Waals surface area contributed by atoms with Gasteiger partial charge in [0.25, 0.3) is 5.91 Å². The molecule has 1 aromatic carbocycles.